The summed E-state index contributed by atoms with van der Waals surface area (Å²) in [5, 5.41) is 5.60. The third kappa shape index (κ3) is 5.57. The lowest BCUT2D eigenvalue weighted by atomic mass is 10.1. The summed E-state index contributed by atoms with van der Waals surface area (Å²) in [6.45, 7) is 5.77. The molecule has 1 aliphatic heterocycles. The highest BCUT2D eigenvalue weighted by Gasteiger charge is 2.14. The van der Waals surface area contributed by atoms with Gasteiger partial charge in [-0.3, -0.25) is 15.0 Å². The van der Waals surface area contributed by atoms with Gasteiger partial charge in [-0.15, -0.1) is 0 Å². The van der Waals surface area contributed by atoms with Gasteiger partial charge in [0.25, 0.3) is 5.91 Å². The number of amides is 2. The number of ether oxygens (including phenoxy) is 1. The molecule has 0 saturated carbocycles. The van der Waals surface area contributed by atoms with E-state index < -0.39 is 6.09 Å². The Hall–Kier alpha value is -2.86. The average Bonchev–Trinajstić information content (AvgIpc) is 3.21. The third-order valence-corrected chi connectivity index (χ3v) is 4.82. The van der Waals surface area contributed by atoms with E-state index in [4.69, 9.17) is 4.74 Å². The molecule has 2 aromatic rings. The summed E-state index contributed by atoms with van der Waals surface area (Å²) in [5.74, 6) is -0.140. The number of carbonyl (C=O) groups is 2. The molecule has 1 fully saturated rings. The number of hydrogen-bond acceptors (Lipinski definition) is 4. The summed E-state index contributed by atoms with van der Waals surface area (Å²) >= 11 is 0. The second-order valence-corrected chi connectivity index (χ2v) is 6.86. The predicted octanol–water partition coefficient (Wildman–Crippen LogP) is 3.78. The summed E-state index contributed by atoms with van der Waals surface area (Å²) in [6.07, 6.45) is 2.02. The first kappa shape index (κ1) is 19.9. The van der Waals surface area contributed by atoms with Gasteiger partial charge >= 0.3 is 6.09 Å². The van der Waals surface area contributed by atoms with Crippen molar-refractivity contribution in [1.29, 1.82) is 0 Å². The monoisotopic (exact) mass is 381 g/mol. The minimum atomic E-state index is -0.505. The summed E-state index contributed by atoms with van der Waals surface area (Å²) < 4.78 is 4.84. The largest absolute Gasteiger partial charge is 0.450 e. The quantitative estimate of drug-likeness (QED) is 0.766. The second-order valence-electron chi connectivity index (χ2n) is 6.86. The lowest BCUT2D eigenvalue weighted by molar-refractivity contribution is 0.0950. The van der Waals surface area contributed by atoms with E-state index in [2.05, 4.69) is 27.7 Å². The first-order chi connectivity index (χ1) is 13.7. The van der Waals surface area contributed by atoms with E-state index in [9.17, 15) is 9.59 Å². The number of hydrogen-bond donors (Lipinski definition) is 2. The molecule has 0 atom stereocenters. The fourth-order valence-electron chi connectivity index (χ4n) is 3.33. The average molecular weight is 381 g/mol. The van der Waals surface area contributed by atoms with E-state index in [0.29, 0.717) is 24.4 Å². The molecular formula is C22H27N3O3. The van der Waals surface area contributed by atoms with Gasteiger partial charge in [0.2, 0.25) is 0 Å². The molecule has 0 aromatic heterocycles. The van der Waals surface area contributed by atoms with Gasteiger partial charge in [0.1, 0.15) is 0 Å². The Bertz CT molecular complexity index is 799. The Morgan fingerprint density at radius 3 is 2.36 bits per heavy atom. The fourth-order valence-corrected chi connectivity index (χ4v) is 3.33. The van der Waals surface area contributed by atoms with Crippen LogP contribution in [0.4, 0.5) is 10.5 Å². The minimum absolute atomic E-state index is 0.140. The number of carbonyl (C=O) groups excluding carboxylic acids is 2. The molecule has 1 saturated heterocycles. The maximum absolute atomic E-state index is 12.5. The molecule has 2 amide bonds. The van der Waals surface area contributed by atoms with Crippen LogP contribution in [0.1, 0.15) is 41.3 Å². The number of nitrogens with one attached hydrogen (secondary N) is 2. The van der Waals surface area contributed by atoms with Gasteiger partial charge in [-0.1, -0.05) is 24.3 Å². The Morgan fingerprint density at radius 1 is 1.00 bits per heavy atom. The summed E-state index contributed by atoms with van der Waals surface area (Å²) in [5.41, 5.74) is 3.54. The lowest BCUT2D eigenvalue weighted by Crippen LogP contribution is -2.25. The second kappa shape index (κ2) is 9.90. The van der Waals surface area contributed by atoms with Crippen molar-refractivity contribution in [1.82, 2.24) is 10.2 Å². The predicted molar refractivity (Wildman–Crippen MR) is 109 cm³/mol. The number of rotatable bonds is 7. The van der Waals surface area contributed by atoms with Crippen LogP contribution in [0, 0.1) is 0 Å². The van der Waals surface area contributed by atoms with E-state index in [1.165, 1.54) is 18.4 Å². The Morgan fingerprint density at radius 2 is 1.68 bits per heavy atom. The number of benzene rings is 2. The molecular weight excluding hydrogens is 354 g/mol. The van der Waals surface area contributed by atoms with Gasteiger partial charge in [0, 0.05) is 24.3 Å². The van der Waals surface area contributed by atoms with Crippen molar-refractivity contribution in [2.75, 3.05) is 25.0 Å². The van der Waals surface area contributed by atoms with E-state index in [-0.39, 0.29) is 5.91 Å². The first-order valence-corrected chi connectivity index (χ1v) is 9.77. The van der Waals surface area contributed by atoms with Crippen molar-refractivity contribution < 1.29 is 14.3 Å². The molecule has 6 nitrogen and oxygen atoms in total. The maximum Gasteiger partial charge on any atom is 0.411 e. The van der Waals surface area contributed by atoms with E-state index in [1.807, 2.05) is 12.1 Å². The van der Waals surface area contributed by atoms with Crippen LogP contribution in [0.15, 0.2) is 48.5 Å². The van der Waals surface area contributed by atoms with Crippen LogP contribution >= 0.6 is 0 Å². The molecule has 0 spiro atoms. The van der Waals surface area contributed by atoms with Crippen LogP contribution in [0.25, 0.3) is 0 Å². The highest BCUT2D eigenvalue weighted by molar-refractivity contribution is 5.95. The molecule has 0 bridgehead atoms. The summed E-state index contributed by atoms with van der Waals surface area (Å²) in [6, 6.07) is 15.0. The number of likely N-dealkylation sites (tertiary alicyclic amines) is 1. The molecule has 1 heterocycles. The zero-order chi connectivity index (χ0) is 19.8. The third-order valence-electron chi connectivity index (χ3n) is 4.82. The highest BCUT2D eigenvalue weighted by atomic mass is 16.5. The van der Waals surface area contributed by atoms with Crippen molar-refractivity contribution in [3.63, 3.8) is 0 Å². The fraction of sp³-hybridized carbons (Fsp3) is 0.364. The van der Waals surface area contributed by atoms with Crippen LogP contribution in [0.3, 0.4) is 0 Å². The van der Waals surface area contributed by atoms with E-state index in [0.717, 1.165) is 25.2 Å². The molecule has 2 N–H and O–H groups in total. The molecule has 3 rings (SSSR count). The number of anilines is 1. The van der Waals surface area contributed by atoms with Crippen LogP contribution < -0.4 is 10.6 Å². The first-order valence-electron chi connectivity index (χ1n) is 9.77. The van der Waals surface area contributed by atoms with Crippen molar-refractivity contribution in [2.45, 2.75) is 32.9 Å². The van der Waals surface area contributed by atoms with Crippen molar-refractivity contribution >= 4 is 17.7 Å². The van der Waals surface area contributed by atoms with Crippen LogP contribution in [0.5, 0.6) is 0 Å². The van der Waals surface area contributed by atoms with Crippen LogP contribution in [-0.2, 0) is 17.8 Å². The standard InChI is InChI=1S/C22H27N3O3/c1-2-28-22(27)24-20-11-9-17(10-12-20)21(26)23-15-18-7-3-4-8-19(18)16-25-13-5-6-14-25/h3-4,7-12H,2,5-6,13-16H2,1H3,(H,23,26)(H,24,27). The summed E-state index contributed by atoms with van der Waals surface area (Å²) in [7, 11) is 0. The zero-order valence-electron chi connectivity index (χ0n) is 16.2. The SMILES string of the molecule is CCOC(=O)Nc1ccc(C(=O)NCc2ccccc2CN2CCCC2)cc1. The molecule has 148 valence electrons. The van der Waals surface area contributed by atoms with Crippen molar-refractivity contribution in [3.05, 3.63) is 65.2 Å². The molecule has 0 aliphatic carbocycles. The Balaban J connectivity index is 1.56. The molecule has 0 unspecified atom stereocenters. The lowest BCUT2D eigenvalue weighted by Gasteiger charge is -2.17. The molecule has 1 aliphatic rings. The number of nitrogens with zero attached hydrogens (tertiary/aromatic N) is 1. The highest BCUT2D eigenvalue weighted by Crippen LogP contribution is 2.16. The van der Waals surface area contributed by atoms with Gasteiger partial charge < -0.3 is 10.1 Å². The molecule has 28 heavy (non-hydrogen) atoms. The van der Waals surface area contributed by atoms with Crippen LogP contribution in [-0.4, -0.2) is 36.6 Å². The molecule has 6 heteroatoms. The smallest absolute Gasteiger partial charge is 0.411 e. The molecule has 2 aromatic carbocycles. The Kier molecular flexibility index (Phi) is 7.03. The summed E-state index contributed by atoms with van der Waals surface area (Å²) in [4.78, 5) is 26.4. The van der Waals surface area contributed by atoms with Gasteiger partial charge in [-0.05, 0) is 68.2 Å². The topological polar surface area (TPSA) is 70.7 Å². The maximum atomic E-state index is 12.5. The van der Waals surface area contributed by atoms with Crippen molar-refractivity contribution in [3.8, 4) is 0 Å². The van der Waals surface area contributed by atoms with E-state index >= 15 is 0 Å². The normalized spacial score (nSPS) is 13.9. The van der Waals surface area contributed by atoms with E-state index in [1.54, 1.807) is 31.2 Å². The van der Waals surface area contributed by atoms with Gasteiger partial charge in [0.15, 0.2) is 0 Å². The van der Waals surface area contributed by atoms with Gasteiger partial charge in [0.05, 0.1) is 6.61 Å². The van der Waals surface area contributed by atoms with Gasteiger partial charge in [-0.2, -0.15) is 0 Å². The van der Waals surface area contributed by atoms with Crippen molar-refractivity contribution in [2.24, 2.45) is 0 Å². The molecule has 0 radical (unpaired) electrons. The Labute approximate surface area is 165 Å². The van der Waals surface area contributed by atoms with Gasteiger partial charge in [-0.25, -0.2) is 4.79 Å². The zero-order valence-corrected chi connectivity index (χ0v) is 16.2. The minimum Gasteiger partial charge on any atom is -0.450 e. The van der Waals surface area contributed by atoms with Crippen LogP contribution in [0.2, 0.25) is 0 Å².